The Kier molecular flexibility index (Phi) is 6.79. The molecule has 1 fully saturated rings. The van der Waals surface area contributed by atoms with Crippen LogP contribution in [0.5, 0.6) is 17.2 Å². The Bertz CT molecular complexity index is 1220. The molecular weight excluding hydrogens is 452 g/mol. The zero-order valence-corrected chi connectivity index (χ0v) is 20.4. The average molecular weight is 482 g/mol. The number of nitrogens with zero attached hydrogens (tertiary/aromatic N) is 1. The second kappa shape index (κ2) is 9.79. The molecule has 0 bridgehead atoms. The minimum absolute atomic E-state index is 0.0369. The number of quaternary nitrogens is 1. The molecule has 2 heterocycles. The largest absolute Gasteiger partial charge is 0.493 e. The zero-order chi connectivity index (χ0) is 25.3. The van der Waals surface area contributed by atoms with E-state index in [0.717, 1.165) is 10.3 Å². The lowest BCUT2D eigenvalue weighted by atomic mass is 9.88. The third-order valence-electron chi connectivity index (χ3n) is 6.24. The predicted octanol–water partition coefficient (Wildman–Crippen LogP) is 1.55. The van der Waals surface area contributed by atoms with Crippen LogP contribution in [0.25, 0.3) is 11.0 Å². The van der Waals surface area contributed by atoms with E-state index in [9.17, 15) is 14.4 Å². The number of hydrogen-bond donors (Lipinski definition) is 1. The summed E-state index contributed by atoms with van der Waals surface area (Å²) in [5.41, 5.74) is 1.06. The van der Waals surface area contributed by atoms with Gasteiger partial charge in [-0.1, -0.05) is 18.2 Å². The van der Waals surface area contributed by atoms with Gasteiger partial charge >= 0.3 is 0 Å². The number of ether oxygens (including phenoxy) is 3. The van der Waals surface area contributed by atoms with Crippen LogP contribution in [0.15, 0.2) is 46.9 Å². The number of furan rings is 1. The van der Waals surface area contributed by atoms with Crippen molar-refractivity contribution in [3.63, 3.8) is 0 Å². The molecule has 9 heteroatoms. The van der Waals surface area contributed by atoms with Gasteiger partial charge in [-0.25, -0.2) is 0 Å². The molecule has 1 aromatic heterocycles. The molecule has 1 amide bonds. The summed E-state index contributed by atoms with van der Waals surface area (Å²) in [4.78, 5) is 42.7. The number of carbonyl (C=O) groups excluding carboxylic acids is 3. The van der Waals surface area contributed by atoms with Crippen molar-refractivity contribution in [3.8, 4) is 17.2 Å². The fourth-order valence-electron chi connectivity index (χ4n) is 4.47. The van der Waals surface area contributed by atoms with Crippen LogP contribution < -0.4 is 19.1 Å². The summed E-state index contributed by atoms with van der Waals surface area (Å²) in [5, 5.41) is 0.741. The molecule has 0 saturated carbocycles. The third-order valence-corrected chi connectivity index (χ3v) is 6.24. The van der Waals surface area contributed by atoms with Crippen LogP contribution in [0, 0.1) is 5.92 Å². The van der Waals surface area contributed by atoms with E-state index in [-0.39, 0.29) is 12.3 Å². The highest BCUT2D eigenvalue weighted by Gasteiger charge is 2.52. The molecule has 184 valence electrons. The molecule has 4 rings (SSSR count). The van der Waals surface area contributed by atoms with Gasteiger partial charge in [-0.15, -0.1) is 0 Å². The topological polar surface area (TPSA) is 99.7 Å². The van der Waals surface area contributed by atoms with Gasteiger partial charge in [-0.05, 0) is 29.8 Å². The normalized spacial score (nSPS) is 17.9. The van der Waals surface area contributed by atoms with Crippen LogP contribution in [-0.2, 0) is 9.59 Å². The Morgan fingerprint density at radius 3 is 2.23 bits per heavy atom. The summed E-state index contributed by atoms with van der Waals surface area (Å²) in [5.74, 6) is -2.14. The van der Waals surface area contributed by atoms with Crippen molar-refractivity contribution < 1.29 is 37.9 Å². The molecule has 3 aromatic rings. The zero-order valence-electron chi connectivity index (χ0n) is 20.4. The summed E-state index contributed by atoms with van der Waals surface area (Å²) >= 11 is 0. The number of nitrogens with one attached hydrogen (secondary N) is 1. The molecule has 1 saturated heterocycles. The van der Waals surface area contributed by atoms with E-state index in [1.165, 1.54) is 26.2 Å². The first-order valence-corrected chi connectivity index (χ1v) is 11.3. The molecule has 35 heavy (non-hydrogen) atoms. The smallest absolute Gasteiger partial charge is 0.291 e. The van der Waals surface area contributed by atoms with E-state index in [1.54, 1.807) is 30.3 Å². The standard InChI is InChI=1S/C26H28N2O7/c1-27(2)10-11-28-22(16-13-19(32-3)25(34-5)20(14-16)33-4)21(24(30)26(28)31)23(29)18-12-15-8-6-7-9-17(15)35-18/h6-9,12-14,21-22H,10-11H2,1-5H3/p+1. The molecule has 0 aliphatic carbocycles. The number of hydrogen-bond acceptors (Lipinski definition) is 7. The second-order valence-corrected chi connectivity index (χ2v) is 8.71. The molecule has 2 unspecified atom stereocenters. The van der Waals surface area contributed by atoms with E-state index >= 15 is 0 Å². The SMILES string of the molecule is COc1cc(C2C(C(=O)c3cc4ccccc4o3)C(=O)C(=O)N2CC[NH+](C)C)cc(OC)c1OC. The Labute approximate surface area is 203 Å². The maximum absolute atomic E-state index is 13.7. The van der Waals surface area contributed by atoms with Crippen LogP contribution >= 0.6 is 0 Å². The molecular formula is C26H29N2O7+. The first-order valence-electron chi connectivity index (χ1n) is 11.3. The number of likely N-dealkylation sites (tertiary alicyclic amines) is 1. The molecule has 2 aromatic carbocycles. The molecule has 0 radical (unpaired) electrons. The molecule has 1 N–H and O–H groups in total. The van der Waals surface area contributed by atoms with Crippen molar-refractivity contribution in [3.05, 3.63) is 53.8 Å². The van der Waals surface area contributed by atoms with Crippen molar-refractivity contribution in [2.24, 2.45) is 5.92 Å². The predicted molar refractivity (Wildman–Crippen MR) is 127 cm³/mol. The maximum atomic E-state index is 13.7. The van der Waals surface area contributed by atoms with Crippen LogP contribution in [0.1, 0.15) is 22.2 Å². The lowest BCUT2D eigenvalue weighted by Crippen LogP contribution is -3.06. The van der Waals surface area contributed by atoms with Gasteiger partial charge < -0.3 is 28.4 Å². The van der Waals surface area contributed by atoms with E-state index in [0.29, 0.717) is 34.9 Å². The monoisotopic (exact) mass is 481 g/mol. The third kappa shape index (κ3) is 4.35. The van der Waals surface area contributed by atoms with E-state index in [2.05, 4.69) is 0 Å². The Morgan fingerprint density at radius 2 is 1.66 bits per heavy atom. The lowest BCUT2D eigenvalue weighted by molar-refractivity contribution is -0.857. The van der Waals surface area contributed by atoms with Gasteiger partial charge in [-0.2, -0.15) is 0 Å². The quantitative estimate of drug-likeness (QED) is 0.281. The maximum Gasteiger partial charge on any atom is 0.291 e. The Balaban J connectivity index is 1.85. The number of amides is 1. The number of para-hydroxylation sites is 1. The summed E-state index contributed by atoms with van der Waals surface area (Å²) in [6.45, 7) is 0.879. The van der Waals surface area contributed by atoms with E-state index < -0.39 is 29.4 Å². The van der Waals surface area contributed by atoms with Crippen molar-refractivity contribution in [2.45, 2.75) is 6.04 Å². The lowest BCUT2D eigenvalue weighted by Gasteiger charge is -2.28. The van der Waals surface area contributed by atoms with Gasteiger partial charge in [0, 0.05) is 5.39 Å². The Morgan fingerprint density at radius 1 is 1.00 bits per heavy atom. The van der Waals surface area contributed by atoms with Crippen molar-refractivity contribution in [1.82, 2.24) is 4.90 Å². The summed E-state index contributed by atoms with van der Waals surface area (Å²) in [6.07, 6.45) is 0. The summed E-state index contributed by atoms with van der Waals surface area (Å²) in [6, 6.07) is 11.3. The highest BCUT2D eigenvalue weighted by Crippen LogP contribution is 2.45. The van der Waals surface area contributed by atoms with E-state index in [4.69, 9.17) is 18.6 Å². The first kappa shape index (κ1) is 24.3. The number of likely N-dealkylation sites (N-methyl/N-ethyl adjacent to an activating group) is 1. The molecule has 1 aliphatic rings. The van der Waals surface area contributed by atoms with Crippen molar-refractivity contribution in [1.29, 1.82) is 0 Å². The Hall–Kier alpha value is -3.85. The number of rotatable bonds is 9. The van der Waals surface area contributed by atoms with Gasteiger partial charge in [0.25, 0.3) is 5.91 Å². The summed E-state index contributed by atoms with van der Waals surface area (Å²) < 4.78 is 22.2. The summed E-state index contributed by atoms with van der Waals surface area (Å²) in [7, 11) is 8.36. The molecule has 9 nitrogen and oxygen atoms in total. The van der Waals surface area contributed by atoms with E-state index in [1.807, 2.05) is 26.2 Å². The average Bonchev–Trinajstić information content (AvgIpc) is 3.40. The van der Waals surface area contributed by atoms with Crippen LogP contribution in [0.3, 0.4) is 0 Å². The van der Waals surface area contributed by atoms with Crippen molar-refractivity contribution >= 4 is 28.4 Å². The number of fused-ring (bicyclic) bond motifs is 1. The fraction of sp³-hybridized carbons (Fsp3) is 0.346. The van der Waals surface area contributed by atoms with Gasteiger partial charge in [0.1, 0.15) is 11.5 Å². The molecule has 2 atom stereocenters. The van der Waals surface area contributed by atoms with Gasteiger partial charge in [0.2, 0.25) is 17.3 Å². The van der Waals surface area contributed by atoms with Gasteiger partial charge in [-0.3, -0.25) is 14.4 Å². The van der Waals surface area contributed by atoms with Gasteiger partial charge in [0.15, 0.2) is 17.3 Å². The highest BCUT2D eigenvalue weighted by molar-refractivity contribution is 6.43. The number of ketones is 2. The number of benzene rings is 2. The number of Topliss-reactive ketones (excluding diaryl/α,β-unsaturated/α-hetero) is 2. The van der Waals surface area contributed by atoms with Crippen LogP contribution in [0.2, 0.25) is 0 Å². The van der Waals surface area contributed by atoms with Crippen LogP contribution in [-0.4, -0.2) is 70.9 Å². The number of carbonyl (C=O) groups is 3. The van der Waals surface area contributed by atoms with Crippen LogP contribution in [0.4, 0.5) is 0 Å². The second-order valence-electron chi connectivity index (χ2n) is 8.71. The minimum atomic E-state index is -1.27. The number of methoxy groups -OCH3 is 3. The minimum Gasteiger partial charge on any atom is -0.493 e. The molecule has 0 spiro atoms. The van der Waals surface area contributed by atoms with Crippen molar-refractivity contribution in [2.75, 3.05) is 48.5 Å². The molecule has 1 aliphatic heterocycles. The van der Waals surface area contributed by atoms with Gasteiger partial charge in [0.05, 0.1) is 54.6 Å². The highest BCUT2D eigenvalue weighted by atomic mass is 16.5. The fourth-order valence-corrected chi connectivity index (χ4v) is 4.47. The first-order chi connectivity index (χ1) is 16.8.